The number of benzene rings is 3. The molecule has 0 saturated heterocycles. The first-order chi connectivity index (χ1) is 12.3. The summed E-state index contributed by atoms with van der Waals surface area (Å²) < 4.78 is 64.3. The highest BCUT2D eigenvalue weighted by Gasteiger charge is 2.27. The van der Waals surface area contributed by atoms with E-state index in [2.05, 4.69) is 9.47 Å². The molecule has 4 nitrogen and oxygen atoms in total. The van der Waals surface area contributed by atoms with Crippen LogP contribution in [0.4, 0.5) is 17.6 Å². The zero-order valence-electron chi connectivity index (χ0n) is 13.5. The molecule has 3 rings (SSSR count). The van der Waals surface area contributed by atoms with Gasteiger partial charge in [-0.15, -0.1) is 0 Å². The number of halogens is 4. The lowest BCUT2D eigenvalue weighted by atomic mass is 9.91. The second kappa shape index (κ2) is 6.29. The molecule has 0 atom stereocenters. The summed E-state index contributed by atoms with van der Waals surface area (Å²) in [5.74, 6) is -7.20. The van der Waals surface area contributed by atoms with Crippen molar-refractivity contribution < 1.29 is 36.6 Å². The Morgan fingerprint density at radius 1 is 0.615 bits per heavy atom. The first-order valence-electron chi connectivity index (χ1n) is 7.20. The summed E-state index contributed by atoms with van der Waals surface area (Å²) in [4.78, 5) is 24.5. The van der Waals surface area contributed by atoms with E-state index in [1.54, 1.807) is 0 Å². The Balaban J connectivity index is 2.69. The highest BCUT2D eigenvalue weighted by Crippen LogP contribution is 2.36. The molecule has 0 aliphatic carbocycles. The van der Waals surface area contributed by atoms with Crippen molar-refractivity contribution in [3.05, 3.63) is 58.7 Å². The van der Waals surface area contributed by atoms with Gasteiger partial charge in [-0.1, -0.05) is 0 Å². The smallest absolute Gasteiger partial charge is 0.339 e. The molecule has 0 amide bonds. The summed E-state index contributed by atoms with van der Waals surface area (Å²) in [5, 5.41) is -0.582. The lowest BCUT2D eigenvalue weighted by Crippen LogP contribution is -2.14. The van der Waals surface area contributed by atoms with E-state index < -0.39 is 46.3 Å². The molecule has 134 valence electrons. The minimum Gasteiger partial charge on any atom is -0.465 e. The minimum atomic E-state index is -1.29. The van der Waals surface area contributed by atoms with Gasteiger partial charge in [-0.2, -0.15) is 0 Å². The molecule has 0 aliphatic rings. The number of methoxy groups -OCH3 is 2. The predicted molar refractivity (Wildman–Crippen MR) is 84.0 cm³/mol. The summed E-state index contributed by atoms with van der Waals surface area (Å²) in [6.45, 7) is 0. The van der Waals surface area contributed by atoms with E-state index in [1.807, 2.05) is 0 Å². The summed E-state index contributed by atoms with van der Waals surface area (Å²) in [7, 11) is 2.04. The first kappa shape index (κ1) is 17.7. The Morgan fingerprint density at radius 2 is 0.885 bits per heavy atom. The number of hydrogen-bond acceptors (Lipinski definition) is 4. The predicted octanol–water partition coefficient (Wildman–Crippen LogP) is 4.12. The van der Waals surface area contributed by atoms with Crippen LogP contribution in [0.3, 0.4) is 0 Å². The highest BCUT2D eigenvalue weighted by molar-refractivity contribution is 6.24. The second-order valence-electron chi connectivity index (χ2n) is 5.36. The number of ether oxygens (including phenoxy) is 2. The van der Waals surface area contributed by atoms with E-state index >= 15 is 0 Å². The molecule has 0 aromatic heterocycles. The Kier molecular flexibility index (Phi) is 4.27. The van der Waals surface area contributed by atoms with Crippen LogP contribution in [-0.4, -0.2) is 26.2 Å². The number of fused-ring (bicyclic) bond motifs is 3. The molecule has 0 spiro atoms. The van der Waals surface area contributed by atoms with Crippen LogP contribution in [0.1, 0.15) is 20.7 Å². The average molecular weight is 366 g/mol. The molecule has 3 aromatic rings. The van der Waals surface area contributed by atoms with Gasteiger partial charge in [-0.3, -0.25) is 0 Å². The van der Waals surface area contributed by atoms with Gasteiger partial charge < -0.3 is 9.47 Å². The second-order valence-corrected chi connectivity index (χ2v) is 5.36. The zero-order chi connectivity index (χ0) is 19.2. The van der Waals surface area contributed by atoms with Crippen molar-refractivity contribution in [1.29, 1.82) is 0 Å². The summed E-state index contributed by atoms with van der Waals surface area (Å²) in [5.41, 5.74) is -0.876. The van der Waals surface area contributed by atoms with Crippen molar-refractivity contribution in [3.63, 3.8) is 0 Å². The quantitative estimate of drug-likeness (QED) is 0.389. The third-order valence-electron chi connectivity index (χ3n) is 3.98. The first-order valence-corrected chi connectivity index (χ1v) is 7.20. The van der Waals surface area contributed by atoms with Crippen molar-refractivity contribution in [2.75, 3.05) is 14.2 Å². The van der Waals surface area contributed by atoms with Gasteiger partial charge in [-0.05, 0) is 35.0 Å². The Bertz CT molecular complexity index is 1010. The molecule has 0 heterocycles. The normalized spacial score (nSPS) is 11.0. The van der Waals surface area contributed by atoms with Gasteiger partial charge in [0.05, 0.1) is 25.3 Å². The molecular formula is C18H10F4O4. The van der Waals surface area contributed by atoms with Crippen LogP contribution in [-0.2, 0) is 9.47 Å². The standard InChI is InChI=1S/C18H10F4O4/c1-25-17(23)15-9-5-13(21)11(19)3-7(9)8-4-12(20)14(22)6-10(8)16(15)18(24)26-2/h3-6H,1-2H3. The van der Waals surface area contributed by atoms with Crippen molar-refractivity contribution in [2.45, 2.75) is 0 Å². The molecule has 0 bridgehead atoms. The molecule has 26 heavy (non-hydrogen) atoms. The van der Waals surface area contributed by atoms with Gasteiger partial charge in [0, 0.05) is 10.8 Å². The lowest BCUT2D eigenvalue weighted by molar-refractivity contribution is 0.0559. The van der Waals surface area contributed by atoms with Crippen LogP contribution in [0.5, 0.6) is 0 Å². The van der Waals surface area contributed by atoms with Crippen molar-refractivity contribution >= 4 is 33.5 Å². The largest absolute Gasteiger partial charge is 0.465 e. The van der Waals surface area contributed by atoms with Crippen molar-refractivity contribution in [2.24, 2.45) is 0 Å². The Morgan fingerprint density at radius 3 is 1.15 bits per heavy atom. The fourth-order valence-corrected chi connectivity index (χ4v) is 2.85. The molecule has 0 radical (unpaired) electrons. The van der Waals surface area contributed by atoms with Crippen LogP contribution >= 0.6 is 0 Å². The van der Waals surface area contributed by atoms with E-state index in [-0.39, 0.29) is 21.5 Å². The van der Waals surface area contributed by atoms with Crippen LogP contribution in [0, 0.1) is 23.3 Å². The van der Waals surface area contributed by atoms with Crippen molar-refractivity contribution in [1.82, 2.24) is 0 Å². The summed E-state index contributed by atoms with van der Waals surface area (Å²) in [6.07, 6.45) is 0. The molecule has 0 unspecified atom stereocenters. The SMILES string of the molecule is COC(=O)c1c(C(=O)OC)c2cc(F)c(F)cc2c2cc(F)c(F)cc12. The third kappa shape index (κ3) is 2.54. The van der Waals surface area contributed by atoms with Gasteiger partial charge in [0.25, 0.3) is 0 Å². The van der Waals surface area contributed by atoms with Gasteiger partial charge >= 0.3 is 11.9 Å². The molecular weight excluding hydrogens is 356 g/mol. The van der Waals surface area contributed by atoms with E-state index in [0.29, 0.717) is 12.1 Å². The topological polar surface area (TPSA) is 52.6 Å². The molecule has 0 aliphatic heterocycles. The van der Waals surface area contributed by atoms with Gasteiger partial charge in [0.2, 0.25) is 0 Å². The third-order valence-corrected chi connectivity index (χ3v) is 3.98. The number of rotatable bonds is 2. The monoisotopic (exact) mass is 366 g/mol. The molecule has 3 aromatic carbocycles. The molecule has 0 fully saturated rings. The molecule has 0 N–H and O–H groups in total. The van der Waals surface area contributed by atoms with Crippen LogP contribution < -0.4 is 0 Å². The maximum absolute atomic E-state index is 13.8. The van der Waals surface area contributed by atoms with Crippen LogP contribution in [0.25, 0.3) is 21.5 Å². The maximum Gasteiger partial charge on any atom is 0.339 e. The zero-order valence-corrected chi connectivity index (χ0v) is 13.5. The van der Waals surface area contributed by atoms with E-state index in [9.17, 15) is 27.2 Å². The fourth-order valence-electron chi connectivity index (χ4n) is 2.85. The fraction of sp³-hybridized carbons (Fsp3) is 0.111. The van der Waals surface area contributed by atoms with Crippen LogP contribution in [0.2, 0.25) is 0 Å². The number of carbonyl (C=O) groups is 2. The summed E-state index contributed by atoms with van der Waals surface area (Å²) in [6, 6.07) is 2.84. The van der Waals surface area contributed by atoms with Gasteiger partial charge in [0.1, 0.15) is 0 Å². The van der Waals surface area contributed by atoms with Gasteiger partial charge in [0.15, 0.2) is 23.3 Å². The van der Waals surface area contributed by atoms with Crippen molar-refractivity contribution in [3.8, 4) is 0 Å². The van der Waals surface area contributed by atoms with Gasteiger partial charge in [-0.25, -0.2) is 27.2 Å². The number of carbonyl (C=O) groups excluding carboxylic acids is 2. The number of esters is 2. The Hall–Kier alpha value is -3.16. The number of hydrogen-bond donors (Lipinski definition) is 0. The lowest BCUT2D eigenvalue weighted by Gasteiger charge is -2.15. The Labute approximate surface area is 143 Å². The van der Waals surface area contributed by atoms with E-state index in [0.717, 1.165) is 26.4 Å². The minimum absolute atomic E-state index is 0.0918. The van der Waals surface area contributed by atoms with E-state index in [4.69, 9.17) is 0 Å². The van der Waals surface area contributed by atoms with Crippen LogP contribution in [0.15, 0.2) is 24.3 Å². The average Bonchev–Trinajstić information content (AvgIpc) is 2.62. The maximum atomic E-state index is 13.8. The van der Waals surface area contributed by atoms with E-state index in [1.165, 1.54) is 0 Å². The molecule has 8 heteroatoms. The highest BCUT2D eigenvalue weighted by atomic mass is 19.2. The molecule has 0 saturated carbocycles. The summed E-state index contributed by atoms with van der Waals surface area (Å²) >= 11 is 0.